The third-order valence-corrected chi connectivity index (χ3v) is 8.08. The van der Waals surface area contributed by atoms with Crippen LogP contribution < -0.4 is 5.32 Å². The molecular formula is C21H30N4O3Si. The van der Waals surface area contributed by atoms with Crippen LogP contribution in [0, 0.1) is 5.92 Å². The van der Waals surface area contributed by atoms with E-state index in [1.54, 1.807) is 0 Å². The quantitative estimate of drug-likeness (QED) is 0.732. The molecule has 0 radical (unpaired) electrons. The summed E-state index contributed by atoms with van der Waals surface area (Å²) in [4.78, 5) is 35.1. The van der Waals surface area contributed by atoms with Crippen LogP contribution in [0.3, 0.4) is 0 Å². The second kappa shape index (κ2) is 8.40. The number of alkyl carbamates (subject to hydrolysis) is 1. The standard InChI is InChI=1S/C21H30N4O3Si/c1-14(2)18(24-21(27)28-3)20(26)25-13-29(4,5)12-17(25)19-22-11-16(23-19)15-9-7-6-8-10-15/h6-11,14,17-18H,12-13H2,1-5H3,(H,22,23)(H,24,27). The molecule has 156 valence electrons. The van der Waals surface area contributed by atoms with Gasteiger partial charge in [0.05, 0.1) is 33.1 Å². The third kappa shape index (κ3) is 4.69. The highest BCUT2D eigenvalue weighted by atomic mass is 28.3. The molecule has 2 aromatic rings. The van der Waals surface area contributed by atoms with Crippen molar-refractivity contribution in [2.24, 2.45) is 5.92 Å². The van der Waals surface area contributed by atoms with Crippen LogP contribution in [0.1, 0.15) is 25.7 Å². The van der Waals surface area contributed by atoms with Gasteiger partial charge in [0.25, 0.3) is 0 Å². The second-order valence-electron chi connectivity index (χ2n) is 8.76. The number of carbonyl (C=O) groups excluding carboxylic acids is 2. The number of nitrogens with zero attached hydrogens (tertiary/aromatic N) is 2. The lowest BCUT2D eigenvalue weighted by Gasteiger charge is -2.30. The molecule has 2 atom stereocenters. The smallest absolute Gasteiger partial charge is 0.407 e. The van der Waals surface area contributed by atoms with E-state index in [2.05, 4.69) is 28.4 Å². The lowest BCUT2D eigenvalue weighted by Crippen LogP contribution is -2.52. The number of benzene rings is 1. The van der Waals surface area contributed by atoms with Crippen molar-refractivity contribution in [1.82, 2.24) is 20.2 Å². The van der Waals surface area contributed by atoms with Crippen molar-refractivity contribution >= 4 is 20.1 Å². The molecule has 1 saturated heterocycles. The summed E-state index contributed by atoms with van der Waals surface area (Å²) in [6.45, 7) is 8.41. The Morgan fingerprint density at radius 2 is 1.97 bits per heavy atom. The molecule has 7 nitrogen and oxygen atoms in total. The molecule has 0 bridgehead atoms. The molecule has 1 aromatic carbocycles. The van der Waals surface area contributed by atoms with Gasteiger partial charge in [0, 0.05) is 6.17 Å². The zero-order valence-electron chi connectivity index (χ0n) is 17.7. The number of nitrogens with one attached hydrogen (secondary N) is 2. The predicted molar refractivity (Wildman–Crippen MR) is 115 cm³/mol. The number of imidazole rings is 1. The molecule has 0 spiro atoms. The van der Waals surface area contributed by atoms with Crippen molar-refractivity contribution in [2.75, 3.05) is 13.3 Å². The molecule has 2 N–H and O–H groups in total. The van der Waals surface area contributed by atoms with Crippen molar-refractivity contribution in [3.63, 3.8) is 0 Å². The first kappa shape index (κ1) is 21.1. The minimum Gasteiger partial charge on any atom is -0.453 e. The minimum absolute atomic E-state index is 0.0518. The highest BCUT2D eigenvalue weighted by Crippen LogP contribution is 2.38. The summed E-state index contributed by atoms with van der Waals surface area (Å²) < 4.78 is 4.72. The van der Waals surface area contributed by atoms with Gasteiger partial charge in [-0.15, -0.1) is 0 Å². The Bertz CT molecular complexity index is 866. The highest BCUT2D eigenvalue weighted by molar-refractivity contribution is 6.78. The Balaban J connectivity index is 1.88. The van der Waals surface area contributed by atoms with Gasteiger partial charge in [-0.25, -0.2) is 9.78 Å². The number of methoxy groups -OCH3 is 1. The molecule has 3 rings (SSSR count). The average Bonchev–Trinajstić information content (AvgIpc) is 3.30. The van der Waals surface area contributed by atoms with Gasteiger partial charge in [-0.2, -0.15) is 0 Å². The van der Waals surface area contributed by atoms with Gasteiger partial charge in [0.2, 0.25) is 5.91 Å². The summed E-state index contributed by atoms with van der Waals surface area (Å²) in [7, 11) is -0.304. The van der Waals surface area contributed by atoms with E-state index < -0.39 is 20.2 Å². The molecule has 2 amide bonds. The van der Waals surface area contributed by atoms with E-state index in [1.807, 2.05) is 55.3 Å². The summed E-state index contributed by atoms with van der Waals surface area (Å²) in [6.07, 6.45) is 1.98. The fraction of sp³-hybridized carbons (Fsp3) is 0.476. The summed E-state index contributed by atoms with van der Waals surface area (Å²) in [5.74, 6) is 0.672. The van der Waals surface area contributed by atoms with Gasteiger partial charge in [-0.05, 0) is 17.5 Å². The maximum atomic E-state index is 13.4. The van der Waals surface area contributed by atoms with Crippen LogP contribution in [0.4, 0.5) is 4.79 Å². The second-order valence-corrected chi connectivity index (χ2v) is 13.8. The van der Waals surface area contributed by atoms with E-state index in [0.717, 1.165) is 29.3 Å². The normalized spacial score (nSPS) is 19.2. The van der Waals surface area contributed by atoms with E-state index in [9.17, 15) is 9.59 Å². The van der Waals surface area contributed by atoms with Gasteiger partial charge in [-0.3, -0.25) is 4.79 Å². The molecule has 1 aromatic heterocycles. The molecule has 2 heterocycles. The number of hydrogen-bond donors (Lipinski definition) is 2. The Hall–Kier alpha value is -2.61. The van der Waals surface area contributed by atoms with E-state index in [1.165, 1.54) is 7.11 Å². The van der Waals surface area contributed by atoms with Crippen molar-refractivity contribution in [2.45, 2.75) is 45.1 Å². The van der Waals surface area contributed by atoms with Gasteiger partial charge in [0.15, 0.2) is 0 Å². The third-order valence-electron chi connectivity index (χ3n) is 5.39. The number of H-pyrrole nitrogens is 1. The summed E-state index contributed by atoms with van der Waals surface area (Å²) in [6, 6.07) is 10.2. The van der Waals surface area contributed by atoms with Gasteiger partial charge < -0.3 is 19.9 Å². The topological polar surface area (TPSA) is 87.3 Å². The molecule has 0 aliphatic carbocycles. The molecule has 1 fully saturated rings. The highest BCUT2D eigenvalue weighted by Gasteiger charge is 2.45. The first-order valence-corrected chi connectivity index (χ1v) is 13.4. The number of carbonyl (C=O) groups is 2. The van der Waals surface area contributed by atoms with Crippen LogP contribution in [-0.2, 0) is 9.53 Å². The van der Waals surface area contributed by atoms with Crippen molar-refractivity contribution in [3.05, 3.63) is 42.4 Å². The van der Waals surface area contributed by atoms with E-state index in [-0.39, 0.29) is 17.9 Å². The van der Waals surface area contributed by atoms with Crippen molar-refractivity contribution in [1.29, 1.82) is 0 Å². The van der Waals surface area contributed by atoms with Crippen LogP contribution >= 0.6 is 0 Å². The van der Waals surface area contributed by atoms with Gasteiger partial charge >= 0.3 is 6.09 Å². The summed E-state index contributed by atoms with van der Waals surface area (Å²) >= 11 is 0. The molecule has 8 heteroatoms. The number of hydrogen-bond acceptors (Lipinski definition) is 4. The van der Waals surface area contributed by atoms with Crippen LogP contribution in [-0.4, -0.2) is 54.3 Å². The molecule has 1 aliphatic rings. The lowest BCUT2D eigenvalue weighted by molar-refractivity contribution is -0.135. The maximum absolute atomic E-state index is 13.4. The van der Waals surface area contributed by atoms with E-state index in [4.69, 9.17) is 4.74 Å². The van der Waals surface area contributed by atoms with Crippen LogP contribution in [0.25, 0.3) is 11.3 Å². The van der Waals surface area contributed by atoms with Gasteiger partial charge in [0.1, 0.15) is 11.9 Å². The largest absolute Gasteiger partial charge is 0.453 e. The summed E-state index contributed by atoms with van der Waals surface area (Å²) in [5, 5.41) is 2.71. The first-order valence-electron chi connectivity index (χ1n) is 9.97. The molecule has 0 saturated carbocycles. The fourth-order valence-electron chi connectivity index (χ4n) is 3.89. The monoisotopic (exact) mass is 414 g/mol. The zero-order chi connectivity index (χ0) is 21.2. The number of amides is 2. The van der Waals surface area contributed by atoms with Crippen LogP contribution in [0.15, 0.2) is 36.5 Å². The Kier molecular flexibility index (Phi) is 6.12. The fourth-order valence-corrected chi connectivity index (χ4v) is 6.78. The zero-order valence-corrected chi connectivity index (χ0v) is 18.7. The van der Waals surface area contributed by atoms with Crippen LogP contribution in [0.5, 0.6) is 0 Å². The lowest BCUT2D eigenvalue weighted by atomic mass is 10.0. The van der Waals surface area contributed by atoms with Crippen molar-refractivity contribution in [3.8, 4) is 11.3 Å². The SMILES string of the molecule is COC(=O)NC(C(=O)N1C[Si](C)(C)CC1c1ncc(-c2ccccc2)[nH]1)C(C)C. The van der Waals surface area contributed by atoms with Gasteiger partial charge in [-0.1, -0.05) is 57.3 Å². The molecule has 29 heavy (non-hydrogen) atoms. The predicted octanol–water partition coefficient (Wildman–Crippen LogP) is 3.59. The van der Waals surface area contributed by atoms with Crippen LogP contribution in [0.2, 0.25) is 19.1 Å². The molecule has 1 aliphatic heterocycles. The molecular weight excluding hydrogens is 384 g/mol. The number of rotatable bonds is 5. The summed E-state index contributed by atoms with van der Waals surface area (Å²) in [5.41, 5.74) is 2.00. The Morgan fingerprint density at radius 3 is 2.59 bits per heavy atom. The average molecular weight is 415 g/mol. The number of ether oxygens (including phenoxy) is 1. The Morgan fingerprint density at radius 1 is 1.28 bits per heavy atom. The maximum Gasteiger partial charge on any atom is 0.407 e. The minimum atomic E-state index is -1.61. The molecule has 2 unspecified atom stereocenters. The van der Waals surface area contributed by atoms with E-state index in [0.29, 0.717) is 0 Å². The number of aromatic amines is 1. The number of aromatic nitrogens is 2. The first-order chi connectivity index (χ1) is 13.7. The van der Waals surface area contributed by atoms with Crippen molar-refractivity contribution < 1.29 is 14.3 Å². The van der Waals surface area contributed by atoms with E-state index >= 15 is 0 Å². The Labute approximate surface area is 172 Å².